The second kappa shape index (κ2) is 6.01. The van der Waals surface area contributed by atoms with Crippen molar-refractivity contribution in [3.63, 3.8) is 0 Å². The fourth-order valence-corrected chi connectivity index (χ4v) is 1.72. The molecular weight excluding hydrogens is 260 g/mol. The minimum absolute atomic E-state index is 0.298. The number of hydrogen-bond donors (Lipinski definition) is 1. The van der Waals surface area contributed by atoms with E-state index in [-0.39, 0.29) is 0 Å². The molecule has 0 aliphatic rings. The van der Waals surface area contributed by atoms with E-state index in [0.717, 1.165) is 0 Å². The molecule has 0 aliphatic heterocycles. The molecule has 0 atom stereocenters. The van der Waals surface area contributed by atoms with E-state index in [2.05, 4.69) is 15.0 Å². The van der Waals surface area contributed by atoms with Crippen LogP contribution in [0.3, 0.4) is 0 Å². The number of esters is 1. The van der Waals surface area contributed by atoms with Gasteiger partial charge in [-0.15, -0.1) is 0 Å². The lowest BCUT2D eigenvalue weighted by Crippen LogP contribution is -2.26. The molecule has 1 N–H and O–H groups in total. The molecular formula is C14H14N2O4. The quantitative estimate of drug-likeness (QED) is 0.867. The SMILES string of the molecule is CCNC(=O)Oc1cccc2ncc(C(=O)OC)cc12. The van der Waals surface area contributed by atoms with Crippen molar-refractivity contribution in [2.24, 2.45) is 0 Å². The maximum absolute atomic E-state index is 11.5. The fraction of sp³-hybridized carbons (Fsp3) is 0.214. The van der Waals surface area contributed by atoms with Gasteiger partial charge in [-0.3, -0.25) is 4.98 Å². The highest BCUT2D eigenvalue weighted by Crippen LogP contribution is 2.25. The summed E-state index contributed by atoms with van der Waals surface area (Å²) >= 11 is 0. The molecule has 0 spiro atoms. The van der Waals surface area contributed by atoms with Crippen LogP contribution in [0.25, 0.3) is 10.9 Å². The third-order valence-electron chi connectivity index (χ3n) is 2.63. The highest BCUT2D eigenvalue weighted by atomic mass is 16.6. The number of aromatic nitrogens is 1. The number of fused-ring (bicyclic) bond motifs is 1. The topological polar surface area (TPSA) is 77.5 Å². The number of benzene rings is 1. The summed E-state index contributed by atoms with van der Waals surface area (Å²) in [6, 6.07) is 6.71. The highest BCUT2D eigenvalue weighted by Gasteiger charge is 2.12. The average Bonchev–Trinajstić information content (AvgIpc) is 2.46. The van der Waals surface area contributed by atoms with Gasteiger partial charge in [0.2, 0.25) is 0 Å². The summed E-state index contributed by atoms with van der Waals surface area (Å²) < 4.78 is 9.84. The van der Waals surface area contributed by atoms with Crippen LogP contribution in [0.2, 0.25) is 0 Å². The van der Waals surface area contributed by atoms with Crippen molar-refractivity contribution in [3.8, 4) is 5.75 Å². The molecule has 2 rings (SSSR count). The van der Waals surface area contributed by atoms with Crippen LogP contribution < -0.4 is 10.1 Å². The lowest BCUT2D eigenvalue weighted by atomic mass is 10.1. The molecule has 0 unspecified atom stereocenters. The van der Waals surface area contributed by atoms with Crippen LogP contribution in [0.4, 0.5) is 4.79 Å². The zero-order valence-electron chi connectivity index (χ0n) is 11.2. The number of hydrogen-bond acceptors (Lipinski definition) is 5. The van der Waals surface area contributed by atoms with Gasteiger partial charge in [-0.2, -0.15) is 0 Å². The number of amides is 1. The van der Waals surface area contributed by atoms with Crippen LogP contribution in [0.1, 0.15) is 17.3 Å². The number of carbonyl (C=O) groups is 2. The predicted molar refractivity (Wildman–Crippen MR) is 72.8 cm³/mol. The summed E-state index contributed by atoms with van der Waals surface area (Å²) in [6.07, 6.45) is 0.868. The number of ether oxygens (including phenoxy) is 2. The Morgan fingerprint density at radius 3 is 2.85 bits per heavy atom. The molecule has 1 aromatic heterocycles. The van der Waals surface area contributed by atoms with Gasteiger partial charge in [-0.1, -0.05) is 6.07 Å². The first-order chi connectivity index (χ1) is 9.65. The van der Waals surface area contributed by atoms with Gasteiger partial charge in [0.25, 0.3) is 0 Å². The lowest BCUT2D eigenvalue weighted by Gasteiger charge is -2.08. The first kappa shape index (κ1) is 13.8. The zero-order chi connectivity index (χ0) is 14.5. The van der Waals surface area contributed by atoms with E-state index in [1.807, 2.05) is 0 Å². The molecule has 0 radical (unpaired) electrons. The monoisotopic (exact) mass is 274 g/mol. The van der Waals surface area contributed by atoms with Gasteiger partial charge in [0.1, 0.15) is 5.75 Å². The van der Waals surface area contributed by atoms with E-state index in [0.29, 0.717) is 28.8 Å². The first-order valence-electron chi connectivity index (χ1n) is 6.08. The van der Waals surface area contributed by atoms with Gasteiger partial charge in [-0.25, -0.2) is 9.59 Å². The maximum atomic E-state index is 11.5. The van der Waals surface area contributed by atoms with Crippen molar-refractivity contribution in [2.75, 3.05) is 13.7 Å². The largest absolute Gasteiger partial charge is 0.465 e. The van der Waals surface area contributed by atoms with Gasteiger partial charge in [0.15, 0.2) is 0 Å². The fourth-order valence-electron chi connectivity index (χ4n) is 1.72. The summed E-state index contributed by atoms with van der Waals surface area (Å²) in [7, 11) is 1.30. The van der Waals surface area contributed by atoms with Gasteiger partial charge >= 0.3 is 12.1 Å². The molecule has 0 aliphatic carbocycles. The van der Waals surface area contributed by atoms with Crippen LogP contribution in [-0.2, 0) is 4.74 Å². The zero-order valence-corrected chi connectivity index (χ0v) is 11.2. The molecule has 6 nitrogen and oxygen atoms in total. The Hall–Kier alpha value is -2.63. The molecule has 104 valence electrons. The van der Waals surface area contributed by atoms with E-state index in [9.17, 15) is 9.59 Å². The third-order valence-corrected chi connectivity index (χ3v) is 2.63. The molecule has 1 aromatic carbocycles. The van der Waals surface area contributed by atoms with E-state index in [4.69, 9.17) is 4.74 Å². The third kappa shape index (κ3) is 2.85. The second-order valence-electron chi connectivity index (χ2n) is 3.96. The average molecular weight is 274 g/mol. The van der Waals surface area contributed by atoms with Gasteiger partial charge in [0.05, 0.1) is 18.2 Å². The molecule has 0 saturated heterocycles. The van der Waals surface area contributed by atoms with Gasteiger partial charge < -0.3 is 14.8 Å². The van der Waals surface area contributed by atoms with Crippen LogP contribution in [0.15, 0.2) is 30.5 Å². The Balaban J connectivity index is 2.43. The summed E-state index contributed by atoms with van der Waals surface area (Å²) in [5, 5.41) is 3.11. The Morgan fingerprint density at radius 1 is 1.35 bits per heavy atom. The minimum atomic E-state index is -0.552. The van der Waals surface area contributed by atoms with E-state index >= 15 is 0 Å². The van der Waals surface area contributed by atoms with E-state index in [1.165, 1.54) is 13.3 Å². The maximum Gasteiger partial charge on any atom is 0.412 e. The minimum Gasteiger partial charge on any atom is -0.465 e. The summed E-state index contributed by atoms with van der Waals surface area (Å²) in [5.41, 5.74) is 0.923. The molecule has 1 amide bonds. The summed E-state index contributed by atoms with van der Waals surface area (Å²) in [4.78, 5) is 27.1. The Morgan fingerprint density at radius 2 is 2.15 bits per heavy atom. The van der Waals surface area contributed by atoms with Crippen molar-refractivity contribution in [2.45, 2.75) is 6.92 Å². The molecule has 2 aromatic rings. The van der Waals surface area contributed by atoms with Crippen molar-refractivity contribution in [1.82, 2.24) is 10.3 Å². The van der Waals surface area contributed by atoms with Crippen LogP contribution in [-0.4, -0.2) is 30.7 Å². The number of nitrogens with zero attached hydrogens (tertiary/aromatic N) is 1. The van der Waals surface area contributed by atoms with Gasteiger partial charge in [0, 0.05) is 18.1 Å². The standard InChI is InChI=1S/C14H14N2O4/c1-3-15-14(18)20-12-6-4-5-11-10(12)7-9(8-16-11)13(17)19-2/h4-8H,3H2,1-2H3,(H,15,18). The number of rotatable bonds is 3. The first-order valence-corrected chi connectivity index (χ1v) is 6.08. The van der Waals surface area contributed by atoms with Crippen molar-refractivity contribution in [3.05, 3.63) is 36.0 Å². The number of pyridine rings is 1. The molecule has 0 fully saturated rings. The summed E-state index contributed by atoms with van der Waals surface area (Å²) in [5.74, 6) is -0.154. The van der Waals surface area contributed by atoms with Crippen LogP contribution in [0.5, 0.6) is 5.75 Å². The highest BCUT2D eigenvalue weighted by molar-refractivity contribution is 5.96. The molecule has 0 bridgehead atoms. The lowest BCUT2D eigenvalue weighted by molar-refractivity contribution is 0.0600. The van der Waals surface area contributed by atoms with Crippen molar-refractivity contribution < 1.29 is 19.1 Å². The predicted octanol–water partition coefficient (Wildman–Crippen LogP) is 2.13. The van der Waals surface area contributed by atoms with Crippen molar-refractivity contribution >= 4 is 23.0 Å². The van der Waals surface area contributed by atoms with Crippen LogP contribution >= 0.6 is 0 Å². The molecule has 0 saturated carbocycles. The van der Waals surface area contributed by atoms with E-state index < -0.39 is 12.1 Å². The van der Waals surface area contributed by atoms with Crippen LogP contribution in [0, 0.1) is 0 Å². The molecule has 20 heavy (non-hydrogen) atoms. The molecule has 1 heterocycles. The summed E-state index contributed by atoms with van der Waals surface area (Å²) in [6.45, 7) is 2.26. The Labute approximate surface area is 115 Å². The second-order valence-corrected chi connectivity index (χ2v) is 3.96. The molecule has 6 heteroatoms. The smallest absolute Gasteiger partial charge is 0.412 e. The number of nitrogens with one attached hydrogen (secondary N) is 1. The van der Waals surface area contributed by atoms with Gasteiger partial charge in [-0.05, 0) is 25.1 Å². The number of carbonyl (C=O) groups excluding carboxylic acids is 2. The Bertz CT molecular complexity index is 655. The van der Waals surface area contributed by atoms with Crippen molar-refractivity contribution in [1.29, 1.82) is 0 Å². The normalized spacial score (nSPS) is 10.1. The number of methoxy groups -OCH3 is 1. The Kier molecular flexibility index (Phi) is 4.14. The van der Waals surface area contributed by atoms with E-state index in [1.54, 1.807) is 31.2 Å².